The molecule has 1 aliphatic rings. The second kappa shape index (κ2) is 6.66. The molecule has 1 aliphatic carbocycles. The van der Waals surface area contributed by atoms with Gasteiger partial charge in [-0.05, 0) is 31.5 Å². The summed E-state index contributed by atoms with van der Waals surface area (Å²) in [5.41, 5.74) is 1.80. The summed E-state index contributed by atoms with van der Waals surface area (Å²) in [6.45, 7) is 1.99. The Morgan fingerprint density at radius 3 is 2.95 bits per heavy atom. The molecule has 114 valence electrons. The summed E-state index contributed by atoms with van der Waals surface area (Å²) in [4.78, 5) is 25.7. The molecule has 0 unspecified atom stereocenters. The predicted molar refractivity (Wildman–Crippen MR) is 81.1 cm³/mol. The highest BCUT2D eigenvalue weighted by atomic mass is 32.1. The average Bonchev–Trinajstić information content (AvgIpc) is 3.24. The van der Waals surface area contributed by atoms with E-state index in [1.165, 1.54) is 4.57 Å². The van der Waals surface area contributed by atoms with Gasteiger partial charge in [0.25, 0.3) is 5.56 Å². The normalized spacial score (nSPS) is 14.5. The van der Waals surface area contributed by atoms with Gasteiger partial charge in [0.1, 0.15) is 5.56 Å². The Bertz CT molecular complexity index is 673. The maximum atomic E-state index is 11.8. The van der Waals surface area contributed by atoms with Crippen molar-refractivity contribution in [3.63, 3.8) is 0 Å². The summed E-state index contributed by atoms with van der Waals surface area (Å²) < 4.78 is 1.71. The van der Waals surface area contributed by atoms with Crippen LogP contribution >= 0.6 is 12.2 Å². The van der Waals surface area contributed by atoms with Crippen LogP contribution in [0.2, 0.25) is 0 Å². The van der Waals surface area contributed by atoms with Gasteiger partial charge in [-0.15, -0.1) is 0 Å². The molecular weight excluding hydrogens is 292 g/mol. The van der Waals surface area contributed by atoms with Crippen molar-refractivity contribution in [2.75, 3.05) is 0 Å². The summed E-state index contributed by atoms with van der Waals surface area (Å²) in [7, 11) is 0. The SMILES string of the molecule is CCCCC(=O)N/N=C\c1c(O)n(C2CC2)c(=S)[nH]c1=O. The predicted octanol–water partition coefficient (Wildman–Crippen LogP) is 1.59. The van der Waals surface area contributed by atoms with E-state index in [-0.39, 0.29) is 28.2 Å². The third-order valence-electron chi connectivity index (χ3n) is 3.21. The number of nitrogens with one attached hydrogen (secondary N) is 2. The lowest BCUT2D eigenvalue weighted by Crippen LogP contribution is -2.21. The van der Waals surface area contributed by atoms with Crippen LogP contribution in [0, 0.1) is 4.77 Å². The van der Waals surface area contributed by atoms with Crippen LogP contribution in [-0.2, 0) is 4.79 Å². The maximum Gasteiger partial charge on any atom is 0.264 e. The number of hydrogen-bond donors (Lipinski definition) is 3. The van der Waals surface area contributed by atoms with Crippen LogP contribution < -0.4 is 11.0 Å². The molecule has 1 aromatic rings. The van der Waals surface area contributed by atoms with Crippen molar-refractivity contribution in [2.45, 2.75) is 45.1 Å². The standard InChI is InChI=1S/C13H18N4O3S/c1-2-3-4-10(18)16-14-7-9-11(19)15-13(21)17(12(9)20)8-5-6-8/h7-8,20H,2-6H2,1H3,(H,16,18)(H,15,19,21)/b14-7-. The third-order valence-corrected chi connectivity index (χ3v) is 3.50. The summed E-state index contributed by atoms with van der Waals surface area (Å²) in [5.74, 6) is -0.434. The van der Waals surface area contributed by atoms with Crippen LogP contribution in [0.3, 0.4) is 0 Å². The minimum atomic E-state index is -0.527. The van der Waals surface area contributed by atoms with Gasteiger partial charge in [0.05, 0.1) is 6.21 Å². The molecule has 0 aliphatic heterocycles. The van der Waals surface area contributed by atoms with Gasteiger partial charge in [0.2, 0.25) is 11.8 Å². The highest BCUT2D eigenvalue weighted by molar-refractivity contribution is 7.71. The van der Waals surface area contributed by atoms with E-state index in [1.54, 1.807) is 0 Å². The van der Waals surface area contributed by atoms with Crippen LogP contribution in [0.1, 0.15) is 50.6 Å². The number of rotatable bonds is 6. The Labute approximate surface area is 126 Å². The minimum absolute atomic E-state index is 0.00806. The van der Waals surface area contributed by atoms with Gasteiger partial charge in [-0.1, -0.05) is 13.3 Å². The topological polar surface area (TPSA) is 99.5 Å². The van der Waals surface area contributed by atoms with Crippen molar-refractivity contribution in [1.29, 1.82) is 0 Å². The fourth-order valence-electron chi connectivity index (χ4n) is 1.90. The second-order valence-corrected chi connectivity index (χ2v) is 5.38. The molecule has 1 fully saturated rings. The molecule has 0 radical (unpaired) electrons. The van der Waals surface area contributed by atoms with Gasteiger partial charge in [-0.25, -0.2) is 5.43 Å². The number of aromatic nitrogens is 2. The fraction of sp³-hybridized carbons (Fsp3) is 0.538. The molecule has 0 saturated heterocycles. The lowest BCUT2D eigenvalue weighted by atomic mass is 10.2. The van der Waals surface area contributed by atoms with Crippen LogP contribution in [0.5, 0.6) is 5.88 Å². The lowest BCUT2D eigenvalue weighted by molar-refractivity contribution is -0.121. The number of hydrazone groups is 1. The highest BCUT2D eigenvalue weighted by Crippen LogP contribution is 2.37. The van der Waals surface area contributed by atoms with E-state index in [4.69, 9.17) is 12.2 Å². The first-order valence-corrected chi connectivity index (χ1v) is 7.35. The number of nitrogens with zero attached hydrogens (tertiary/aromatic N) is 2. The van der Waals surface area contributed by atoms with Gasteiger partial charge < -0.3 is 5.11 Å². The Balaban J connectivity index is 2.16. The molecule has 8 heteroatoms. The average molecular weight is 310 g/mol. The first kappa shape index (κ1) is 15.4. The van der Waals surface area contributed by atoms with Crippen LogP contribution in [0.4, 0.5) is 0 Å². The first-order valence-electron chi connectivity index (χ1n) is 6.94. The number of hydrogen-bond acceptors (Lipinski definition) is 5. The van der Waals surface area contributed by atoms with E-state index >= 15 is 0 Å². The summed E-state index contributed by atoms with van der Waals surface area (Å²) in [6.07, 6.45) is 5.05. The number of carbonyl (C=O) groups excluding carboxylic acids is 1. The minimum Gasteiger partial charge on any atom is -0.494 e. The number of aromatic hydroxyl groups is 1. The number of aromatic amines is 1. The number of carbonyl (C=O) groups is 1. The van der Waals surface area contributed by atoms with E-state index in [0.717, 1.165) is 31.9 Å². The van der Waals surface area contributed by atoms with Gasteiger partial charge in [0.15, 0.2) is 4.77 Å². The van der Waals surface area contributed by atoms with E-state index in [0.29, 0.717) is 6.42 Å². The van der Waals surface area contributed by atoms with Crippen molar-refractivity contribution >= 4 is 24.3 Å². The zero-order valence-corrected chi connectivity index (χ0v) is 12.6. The molecule has 1 amide bonds. The molecule has 2 rings (SSSR count). The van der Waals surface area contributed by atoms with Gasteiger partial charge >= 0.3 is 0 Å². The van der Waals surface area contributed by atoms with Crippen molar-refractivity contribution in [1.82, 2.24) is 15.0 Å². The van der Waals surface area contributed by atoms with Crippen molar-refractivity contribution in [3.05, 3.63) is 20.7 Å². The molecule has 21 heavy (non-hydrogen) atoms. The van der Waals surface area contributed by atoms with Crippen molar-refractivity contribution in [3.8, 4) is 5.88 Å². The molecule has 0 spiro atoms. The van der Waals surface area contributed by atoms with Gasteiger partial charge in [0, 0.05) is 12.5 Å². The van der Waals surface area contributed by atoms with Gasteiger partial charge in [-0.2, -0.15) is 5.10 Å². The highest BCUT2D eigenvalue weighted by Gasteiger charge is 2.27. The molecule has 1 saturated carbocycles. The maximum absolute atomic E-state index is 11.8. The summed E-state index contributed by atoms with van der Waals surface area (Å²) in [5, 5.41) is 13.9. The molecular formula is C13H18N4O3S. The smallest absolute Gasteiger partial charge is 0.264 e. The van der Waals surface area contributed by atoms with Crippen LogP contribution in [0.15, 0.2) is 9.90 Å². The molecule has 0 aromatic carbocycles. The van der Waals surface area contributed by atoms with E-state index < -0.39 is 5.56 Å². The Morgan fingerprint density at radius 1 is 1.62 bits per heavy atom. The number of amides is 1. The first-order chi connectivity index (χ1) is 10.0. The third kappa shape index (κ3) is 3.78. The second-order valence-electron chi connectivity index (χ2n) is 4.99. The number of unbranched alkanes of at least 4 members (excludes halogenated alkanes) is 1. The summed E-state index contributed by atoms with van der Waals surface area (Å²) >= 11 is 5.04. The Morgan fingerprint density at radius 2 is 2.33 bits per heavy atom. The molecule has 7 nitrogen and oxygen atoms in total. The van der Waals surface area contributed by atoms with E-state index in [2.05, 4.69) is 15.5 Å². The number of H-pyrrole nitrogens is 1. The van der Waals surface area contributed by atoms with E-state index in [1.807, 2.05) is 6.92 Å². The molecule has 0 atom stereocenters. The van der Waals surface area contributed by atoms with Crippen LogP contribution in [-0.4, -0.2) is 26.8 Å². The fourth-order valence-corrected chi connectivity index (χ4v) is 2.23. The quantitative estimate of drug-likeness (QED) is 0.422. The zero-order chi connectivity index (χ0) is 15.4. The molecule has 3 N–H and O–H groups in total. The zero-order valence-electron chi connectivity index (χ0n) is 11.8. The van der Waals surface area contributed by atoms with E-state index in [9.17, 15) is 14.7 Å². The Hall–Kier alpha value is -1.96. The molecule has 0 bridgehead atoms. The van der Waals surface area contributed by atoms with Crippen LogP contribution in [0.25, 0.3) is 0 Å². The Kier molecular flexibility index (Phi) is 4.89. The van der Waals surface area contributed by atoms with Crippen molar-refractivity contribution in [2.24, 2.45) is 5.10 Å². The molecule has 1 heterocycles. The lowest BCUT2D eigenvalue weighted by Gasteiger charge is -2.09. The summed E-state index contributed by atoms with van der Waals surface area (Å²) in [6, 6.07) is 0.126. The largest absolute Gasteiger partial charge is 0.494 e. The molecule has 1 aromatic heterocycles. The monoisotopic (exact) mass is 310 g/mol. The van der Waals surface area contributed by atoms with Gasteiger partial charge in [-0.3, -0.25) is 19.1 Å². The van der Waals surface area contributed by atoms with Crippen molar-refractivity contribution < 1.29 is 9.90 Å².